The van der Waals surface area contributed by atoms with E-state index in [2.05, 4.69) is 10.6 Å². The van der Waals surface area contributed by atoms with Crippen molar-refractivity contribution in [2.45, 2.75) is 25.8 Å². The molecule has 2 aromatic rings. The van der Waals surface area contributed by atoms with Crippen LogP contribution in [0.2, 0.25) is 5.02 Å². The maximum Gasteiger partial charge on any atom is 0.318 e. The lowest BCUT2D eigenvalue weighted by atomic mass is 10.1. The number of amides is 3. The van der Waals surface area contributed by atoms with Crippen molar-refractivity contribution in [3.05, 3.63) is 70.7 Å². The fraction of sp³-hybridized carbons (Fsp3) is 0.423. The molecule has 1 atom stereocenters. The van der Waals surface area contributed by atoms with Crippen molar-refractivity contribution >= 4 is 40.4 Å². The quantitative estimate of drug-likeness (QED) is 0.424. The number of thioether (sulfide) groups is 1. The molecule has 0 bridgehead atoms. The van der Waals surface area contributed by atoms with Gasteiger partial charge in [-0.25, -0.2) is 4.79 Å². The highest BCUT2D eigenvalue weighted by molar-refractivity contribution is 8.13. The van der Waals surface area contributed by atoms with E-state index in [9.17, 15) is 14.4 Å². The Morgan fingerprint density at radius 3 is 2.26 bits per heavy atom. The smallest absolute Gasteiger partial charge is 0.318 e. The first-order chi connectivity index (χ1) is 16.7. The van der Waals surface area contributed by atoms with Crippen LogP contribution >= 0.6 is 23.4 Å². The number of carbonyl (C=O) groups excluding carboxylic acids is 3. The summed E-state index contributed by atoms with van der Waals surface area (Å²) in [6, 6.07) is 16.1. The summed E-state index contributed by atoms with van der Waals surface area (Å²) >= 11 is 7.19. The van der Waals surface area contributed by atoms with Crippen LogP contribution in [0.5, 0.6) is 0 Å². The average Bonchev–Trinajstić information content (AvgIpc) is 2.82. The predicted octanol–water partition coefficient (Wildman–Crippen LogP) is 3.46. The molecular weight excluding hydrogens is 484 g/mol. The highest BCUT2D eigenvalue weighted by Crippen LogP contribution is 2.12. The summed E-state index contributed by atoms with van der Waals surface area (Å²) in [6.45, 7) is 3.56. The van der Waals surface area contributed by atoms with Gasteiger partial charge >= 0.3 is 6.03 Å². The molecule has 0 fully saturated rings. The van der Waals surface area contributed by atoms with Gasteiger partial charge in [0.05, 0.1) is 0 Å². The fourth-order valence-corrected chi connectivity index (χ4v) is 4.08. The number of hydrogen-bond donors (Lipinski definition) is 2. The third kappa shape index (κ3) is 11.6. The van der Waals surface area contributed by atoms with Crippen molar-refractivity contribution < 1.29 is 14.4 Å². The number of likely N-dealkylation sites (N-methyl/N-ethyl adjacent to an activating group) is 1. The van der Waals surface area contributed by atoms with E-state index in [-0.39, 0.29) is 17.1 Å². The molecule has 0 radical (unpaired) electrons. The zero-order chi connectivity index (χ0) is 25.6. The molecule has 0 saturated heterocycles. The number of urea groups is 1. The van der Waals surface area contributed by atoms with Gasteiger partial charge in [0.2, 0.25) is 5.91 Å². The van der Waals surface area contributed by atoms with Crippen molar-refractivity contribution in [2.24, 2.45) is 0 Å². The first-order valence-corrected chi connectivity index (χ1v) is 13.0. The molecule has 0 heterocycles. The first kappa shape index (κ1) is 28.7. The second-order valence-corrected chi connectivity index (χ2v) is 10.2. The van der Waals surface area contributed by atoms with Crippen LogP contribution in [0, 0.1) is 0 Å². The molecule has 0 aliphatic rings. The molecule has 35 heavy (non-hydrogen) atoms. The van der Waals surface area contributed by atoms with Gasteiger partial charge in [0.15, 0.2) is 5.12 Å². The first-order valence-electron chi connectivity index (χ1n) is 11.6. The van der Waals surface area contributed by atoms with Crippen molar-refractivity contribution in [2.75, 3.05) is 46.0 Å². The summed E-state index contributed by atoms with van der Waals surface area (Å²) in [5.74, 6) is 0.255. The Balaban J connectivity index is 2.11. The van der Waals surface area contributed by atoms with E-state index in [4.69, 9.17) is 11.6 Å². The molecule has 0 aliphatic heterocycles. The maximum atomic E-state index is 13.3. The van der Waals surface area contributed by atoms with Gasteiger partial charge in [0, 0.05) is 50.3 Å². The van der Waals surface area contributed by atoms with E-state index in [0.29, 0.717) is 49.8 Å². The lowest BCUT2D eigenvalue weighted by molar-refractivity contribution is -0.123. The van der Waals surface area contributed by atoms with Gasteiger partial charge in [-0.3, -0.25) is 9.59 Å². The number of rotatable bonds is 13. The van der Waals surface area contributed by atoms with E-state index in [0.717, 1.165) is 11.1 Å². The maximum absolute atomic E-state index is 13.3. The summed E-state index contributed by atoms with van der Waals surface area (Å²) in [5, 5.41) is 6.46. The number of hydrogen-bond acceptors (Lipinski definition) is 5. The number of halogens is 1. The summed E-state index contributed by atoms with van der Waals surface area (Å²) < 4.78 is 0. The van der Waals surface area contributed by atoms with Gasteiger partial charge in [-0.15, -0.1) is 0 Å². The molecule has 9 heteroatoms. The third-order valence-corrected chi connectivity index (χ3v) is 6.34. The second kappa shape index (κ2) is 15.4. The van der Waals surface area contributed by atoms with Crippen molar-refractivity contribution in [1.82, 2.24) is 20.4 Å². The highest BCUT2D eigenvalue weighted by atomic mass is 35.5. The molecule has 0 aromatic heterocycles. The standard InChI is InChI=1S/C26H35ClN4O3S/c1-20(32)35-18-17-31(15-13-21-7-5-4-6-8-21)26(34)29-24(25(33)28-14-16-30(2)3)19-22-9-11-23(27)12-10-22/h4-12,24H,13-19H2,1-3H3,(H,28,33)(H,29,34). The van der Waals surface area contributed by atoms with E-state index >= 15 is 0 Å². The van der Waals surface area contributed by atoms with Gasteiger partial charge in [0.25, 0.3) is 0 Å². The van der Waals surface area contributed by atoms with Crippen LogP contribution in [0.1, 0.15) is 18.1 Å². The Morgan fingerprint density at radius 1 is 0.943 bits per heavy atom. The predicted molar refractivity (Wildman–Crippen MR) is 144 cm³/mol. The van der Waals surface area contributed by atoms with Crippen molar-refractivity contribution in [1.29, 1.82) is 0 Å². The summed E-state index contributed by atoms with van der Waals surface area (Å²) in [7, 11) is 3.87. The minimum atomic E-state index is -0.745. The molecule has 0 saturated carbocycles. The number of carbonyl (C=O) groups is 3. The van der Waals surface area contributed by atoms with E-state index in [1.807, 2.05) is 61.5 Å². The molecular formula is C26H35ClN4O3S. The molecule has 7 nitrogen and oxygen atoms in total. The van der Waals surface area contributed by atoms with Crippen LogP contribution in [-0.2, 0) is 22.4 Å². The zero-order valence-electron chi connectivity index (χ0n) is 20.6. The second-order valence-electron chi connectivity index (χ2n) is 8.49. The molecule has 190 valence electrons. The molecule has 2 N–H and O–H groups in total. The van der Waals surface area contributed by atoms with E-state index in [1.54, 1.807) is 17.0 Å². The van der Waals surface area contributed by atoms with Crippen molar-refractivity contribution in [3.8, 4) is 0 Å². The molecule has 3 amide bonds. The van der Waals surface area contributed by atoms with Crippen LogP contribution in [-0.4, -0.2) is 78.9 Å². The Bertz CT molecular complexity index is 941. The Kier molecular flexibility index (Phi) is 12.7. The van der Waals surface area contributed by atoms with Crippen LogP contribution in [0.4, 0.5) is 4.79 Å². The van der Waals surface area contributed by atoms with Gasteiger partial charge in [-0.2, -0.15) is 0 Å². The zero-order valence-corrected chi connectivity index (χ0v) is 22.2. The SMILES string of the molecule is CC(=O)SCCN(CCc1ccccc1)C(=O)NC(Cc1ccc(Cl)cc1)C(=O)NCCN(C)C. The Labute approximate surface area is 217 Å². The molecule has 2 aromatic carbocycles. The van der Waals surface area contributed by atoms with E-state index < -0.39 is 6.04 Å². The molecule has 2 rings (SSSR count). The Hall–Kier alpha value is -2.55. The lowest BCUT2D eigenvalue weighted by Gasteiger charge is -2.26. The highest BCUT2D eigenvalue weighted by Gasteiger charge is 2.24. The Morgan fingerprint density at radius 2 is 1.63 bits per heavy atom. The average molecular weight is 519 g/mol. The van der Waals surface area contributed by atoms with Crippen molar-refractivity contribution in [3.63, 3.8) is 0 Å². The lowest BCUT2D eigenvalue weighted by Crippen LogP contribution is -2.53. The summed E-state index contributed by atoms with van der Waals surface area (Å²) in [5.41, 5.74) is 2.01. The number of benzene rings is 2. The molecule has 0 aliphatic carbocycles. The largest absolute Gasteiger partial charge is 0.353 e. The monoisotopic (exact) mass is 518 g/mol. The van der Waals surface area contributed by atoms with Crippen LogP contribution < -0.4 is 10.6 Å². The van der Waals surface area contributed by atoms with Gasteiger partial charge in [-0.1, -0.05) is 65.8 Å². The normalized spacial score (nSPS) is 11.7. The topological polar surface area (TPSA) is 81.8 Å². The molecule has 0 spiro atoms. The molecule has 1 unspecified atom stereocenters. The van der Waals surface area contributed by atoms with Crippen LogP contribution in [0.25, 0.3) is 0 Å². The number of nitrogens with one attached hydrogen (secondary N) is 2. The summed E-state index contributed by atoms with van der Waals surface area (Å²) in [6.07, 6.45) is 1.02. The summed E-state index contributed by atoms with van der Waals surface area (Å²) in [4.78, 5) is 41.3. The van der Waals surface area contributed by atoms with Gasteiger partial charge in [-0.05, 0) is 43.8 Å². The fourth-order valence-electron chi connectivity index (χ4n) is 3.35. The minimum Gasteiger partial charge on any atom is -0.353 e. The minimum absolute atomic E-state index is 0.00861. The van der Waals surface area contributed by atoms with Crippen LogP contribution in [0.3, 0.4) is 0 Å². The van der Waals surface area contributed by atoms with Gasteiger partial charge < -0.3 is 20.4 Å². The van der Waals surface area contributed by atoms with E-state index in [1.165, 1.54) is 18.7 Å². The third-order valence-electron chi connectivity index (χ3n) is 5.29. The number of nitrogens with zero attached hydrogens (tertiary/aromatic N) is 2. The van der Waals surface area contributed by atoms with Crippen LogP contribution in [0.15, 0.2) is 54.6 Å². The van der Waals surface area contributed by atoms with Gasteiger partial charge in [0.1, 0.15) is 6.04 Å².